The normalized spacial score (nSPS) is 47.5. The van der Waals surface area contributed by atoms with Gasteiger partial charge < -0.3 is 14.6 Å². The number of ether oxygens (including phenoxy) is 2. The molecule has 0 amide bonds. The molecule has 2 rings (SSSR count). The van der Waals surface area contributed by atoms with Crippen LogP contribution in [0.2, 0.25) is 0 Å². The fourth-order valence-corrected chi connectivity index (χ4v) is 2.18. The average Bonchev–Trinajstić information content (AvgIpc) is 2.02. The van der Waals surface area contributed by atoms with E-state index in [0.29, 0.717) is 6.10 Å². The van der Waals surface area contributed by atoms with Gasteiger partial charge in [-0.25, -0.2) is 0 Å². The van der Waals surface area contributed by atoms with Crippen molar-refractivity contribution < 1.29 is 14.6 Å². The molecular weight excluding hydrogens is 156 g/mol. The molecule has 0 aromatic rings. The monoisotopic (exact) mass is 172 g/mol. The van der Waals surface area contributed by atoms with Gasteiger partial charge >= 0.3 is 0 Å². The Morgan fingerprint density at radius 2 is 2.33 bits per heavy atom. The van der Waals surface area contributed by atoms with Crippen LogP contribution in [0, 0.1) is 0 Å². The lowest BCUT2D eigenvalue weighted by atomic mass is 9.95. The van der Waals surface area contributed by atoms with Gasteiger partial charge in [-0.2, -0.15) is 0 Å². The molecule has 0 saturated carbocycles. The number of aliphatic hydroxyl groups excluding tert-OH is 1. The summed E-state index contributed by atoms with van der Waals surface area (Å²) in [6.45, 7) is 2.09. The first kappa shape index (κ1) is 8.48. The summed E-state index contributed by atoms with van der Waals surface area (Å²) in [6, 6.07) is 0. The number of aliphatic hydroxyl groups is 1. The van der Waals surface area contributed by atoms with E-state index in [1.165, 1.54) is 6.42 Å². The van der Waals surface area contributed by atoms with Gasteiger partial charge in [-0.1, -0.05) is 0 Å². The molecule has 0 aromatic heterocycles. The average molecular weight is 172 g/mol. The molecule has 70 valence electrons. The number of fused-ring (bicyclic) bond motifs is 2. The van der Waals surface area contributed by atoms with Crippen molar-refractivity contribution in [1.29, 1.82) is 0 Å². The molecule has 0 aromatic carbocycles. The molecule has 12 heavy (non-hydrogen) atoms. The van der Waals surface area contributed by atoms with Crippen molar-refractivity contribution in [3.05, 3.63) is 0 Å². The standard InChI is InChI=1S/C9H16O3/c1-9-4-2-3-7(11-9)5-8(6-10)12-9/h7-8,10H,2-6H2,1H3/t7-,8-,9-/m0/s1. The Bertz CT molecular complexity index is 171. The second-order valence-electron chi connectivity index (χ2n) is 3.92. The van der Waals surface area contributed by atoms with E-state index in [-0.39, 0.29) is 12.7 Å². The van der Waals surface area contributed by atoms with E-state index in [1.54, 1.807) is 0 Å². The fourth-order valence-electron chi connectivity index (χ4n) is 2.18. The predicted molar refractivity (Wildman–Crippen MR) is 43.7 cm³/mol. The van der Waals surface area contributed by atoms with Crippen LogP contribution in [0.5, 0.6) is 0 Å². The zero-order chi connectivity index (χ0) is 8.60. The quantitative estimate of drug-likeness (QED) is 0.642. The lowest BCUT2D eigenvalue weighted by Crippen LogP contribution is -2.50. The van der Waals surface area contributed by atoms with Crippen LogP contribution in [0.3, 0.4) is 0 Å². The van der Waals surface area contributed by atoms with Gasteiger partial charge in [-0.15, -0.1) is 0 Å². The Morgan fingerprint density at radius 1 is 1.50 bits per heavy atom. The second-order valence-corrected chi connectivity index (χ2v) is 3.92. The third-order valence-electron chi connectivity index (χ3n) is 2.72. The van der Waals surface area contributed by atoms with Crippen molar-refractivity contribution in [1.82, 2.24) is 0 Å². The van der Waals surface area contributed by atoms with Gasteiger partial charge in [0.2, 0.25) is 0 Å². The van der Waals surface area contributed by atoms with Crippen LogP contribution in [-0.4, -0.2) is 29.7 Å². The number of rotatable bonds is 1. The van der Waals surface area contributed by atoms with Crippen LogP contribution in [0.25, 0.3) is 0 Å². The van der Waals surface area contributed by atoms with Gasteiger partial charge in [0, 0.05) is 12.8 Å². The van der Waals surface area contributed by atoms with Crippen LogP contribution >= 0.6 is 0 Å². The zero-order valence-corrected chi connectivity index (χ0v) is 7.45. The molecule has 3 heteroatoms. The lowest BCUT2D eigenvalue weighted by molar-refractivity contribution is -0.330. The minimum Gasteiger partial charge on any atom is -0.394 e. The van der Waals surface area contributed by atoms with Crippen LogP contribution in [0.1, 0.15) is 32.6 Å². The highest BCUT2D eigenvalue weighted by molar-refractivity contribution is 4.83. The molecule has 1 N–H and O–H groups in total. The highest BCUT2D eigenvalue weighted by Gasteiger charge is 2.41. The van der Waals surface area contributed by atoms with E-state index < -0.39 is 5.79 Å². The minimum absolute atomic E-state index is 0.00551. The van der Waals surface area contributed by atoms with E-state index in [4.69, 9.17) is 14.6 Å². The van der Waals surface area contributed by atoms with Crippen molar-refractivity contribution in [2.75, 3.05) is 6.61 Å². The van der Waals surface area contributed by atoms with E-state index >= 15 is 0 Å². The van der Waals surface area contributed by atoms with Gasteiger partial charge in [0.1, 0.15) is 0 Å². The first-order chi connectivity index (χ1) is 5.72. The molecule has 3 nitrogen and oxygen atoms in total. The molecule has 2 saturated heterocycles. The highest BCUT2D eigenvalue weighted by Crippen LogP contribution is 2.37. The summed E-state index contributed by atoms with van der Waals surface area (Å²) in [5, 5.41) is 8.98. The van der Waals surface area contributed by atoms with Crippen molar-refractivity contribution >= 4 is 0 Å². The molecule has 2 bridgehead atoms. The first-order valence-corrected chi connectivity index (χ1v) is 4.68. The van der Waals surface area contributed by atoms with E-state index in [0.717, 1.165) is 19.3 Å². The predicted octanol–water partition coefficient (Wildman–Crippen LogP) is 1.05. The largest absolute Gasteiger partial charge is 0.394 e. The molecule has 0 unspecified atom stereocenters. The maximum absolute atomic E-state index is 8.98. The van der Waals surface area contributed by atoms with Crippen molar-refractivity contribution in [2.24, 2.45) is 0 Å². The molecule has 2 heterocycles. The van der Waals surface area contributed by atoms with E-state index in [2.05, 4.69) is 0 Å². The Kier molecular flexibility index (Phi) is 2.10. The third kappa shape index (κ3) is 1.49. The molecule has 0 radical (unpaired) electrons. The molecule has 2 fully saturated rings. The maximum atomic E-state index is 8.98. The summed E-state index contributed by atoms with van der Waals surface area (Å²) >= 11 is 0. The molecule has 0 aliphatic carbocycles. The van der Waals surface area contributed by atoms with Crippen molar-refractivity contribution in [3.8, 4) is 0 Å². The molecule has 2 aliphatic rings. The summed E-state index contributed by atoms with van der Waals surface area (Å²) in [7, 11) is 0. The Balaban J connectivity index is 2.05. The van der Waals surface area contributed by atoms with E-state index in [9.17, 15) is 0 Å². The zero-order valence-electron chi connectivity index (χ0n) is 7.45. The number of hydrogen-bond acceptors (Lipinski definition) is 3. The number of hydrogen-bond donors (Lipinski definition) is 1. The Labute approximate surface area is 72.7 Å². The SMILES string of the molecule is C[C@@]12CCC[C@@H](C[C@@H](CO)O1)O2. The fraction of sp³-hybridized carbons (Fsp3) is 1.00. The Hall–Kier alpha value is -0.120. The third-order valence-corrected chi connectivity index (χ3v) is 2.72. The molecular formula is C9H16O3. The summed E-state index contributed by atoms with van der Waals surface area (Å²) in [4.78, 5) is 0. The van der Waals surface area contributed by atoms with Crippen LogP contribution in [0.4, 0.5) is 0 Å². The second kappa shape index (κ2) is 2.98. The summed E-state index contributed by atoms with van der Waals surface area (Å²) in [6.07, 6.45) is 4.42. The van der Waals surface area contributed by atoms with E-state index in [1.807, 2.05) is 6.92 Å². The smallest absolute Gasteiger partial charge is 0.166 e. The van der Waals surface area contributed by atoms with Crippen LogP contribution < -0.4 is 0 Å². The van der Waals surface area contributed by atoms with Crippen molar-refractivity contribution in [3.63, 3.8) is 0 Å². The topological polar surface area (TPSA) is 38.7 Å². The van der Waals surface area contributed by atoms with Gasteiger partial charge in [0.25, 0.3) is 0 Å². The summed E-state index contributed by atoms with van der Waals surface area (Å²) in [5.41, 5.74) is 0. The van der Waals surface area contributed by atoms with Gasteiger partial charge in [-0.3, -0.25) is 0 Å². The van der Waals surface area contributed by atoms with Crippen LogP contribution in [-0.2, 0) is 9.47 Å². The summed E-state index contributed by atoms with van der Waals surface area (Å²) in [5.74, 6) is -0.408. The molecule has 0 spiro atoms. The lowest BCUT2D eigenvalue weighted by Gasteiger charge is -2.45. The Morgan fingerprint density at radius 3 is 3.00 bits per heavy atom. The molecule has 3 atom stereocenters. The van der Waals surface area contributed by atoms with Crippen LogP contribution in [0.15, 0.2) is 0 Å². The summed E-state index contributed by atoms with van der Waals surface area (Å²) < 4.78 is 11.3. The van der Waals surface area contributed by atoms with Gasteiger partial charge in [0.05, 0.1) is 18.8 Å². The van der Waals surface area contributed by atoms with Gasteiger partial charge in [0.15, 0.2) is 5.79 Å². The highest BCUT2D eigenvalue weighted by atomic mass is 16.7. The van der Waals surface area contributed by atoms with Crippen molar-refractivity contribution in [2.45, 2.75) is 50.6 Å². The molecule has 2 aliphatic heterocycles. The van der Waals surface area contributed by atoms with Gasteiger partial charge in [-0.05, 0) is 19.8 Å². The first-order valence-electron chi connectivity index (χ1n) is 4.68. The minimum atomic E-state index is -0.408. The maximum Gasteiger partial charge on any atom is 0.166 e.